The van der Waals surface area contributed by atoms with E-state index < -0.39 is 18.5 Å². The van der Waals surface area contributed by atoms with Crippen molar-refractivity contribution in [3.8, 4) is 0 Å². The van der Waals surface area contributed by atoms with E-state index in [4.69, 9.17) is 9.15 Å². The second kappa shape index (κ2) is 9.21. The molecule has 0 bridgehead atoms. The van der Waals surface area contributed by atoms with Gasteiger partial charge in [0, 0.05) is 29.9 Å². The third-order valence-corrected chi connectivity index (χ3v) is 4.54. The Balaban J connectivity index is 1.99. The molecule has 0 saturated carbocycles. The van der Waals surface area contributed by atoms with E-state index in [-0.39, 0.29) is 5.91 Å². The first-order chi connectivity index (χ1) is 13.3. The quantitative estimate of drug-likeness (QED) is 0.736. The SMILES string of the molecule is CCN(CC)C(=O)c1cccc(NC(=O)COC(=O)c2c(C)oc(C)c2C)c1. The molecule has 2 rings (SSSR count). The second-order valence-electron chi connectivity index (χ2n) is 6.40. The molecule has 0 unspecified atom stereocenters. The Labute approximate surface area is 164 Å². The van der Waals surface area contributed by atoms with E-state index in [0.29, 0.717) is 47.0 Å². The predicted molar refractivity (Wildman–Crippen MR) is 106 cm³/mol. The van der Waals surface area contributed by atoms with Gasteiger partial charge in [0.05, 0.1) is 0 Å². The fourth-order valence-electron chi connectivity index (χ4n) is 2.92. The number of furan rings is 1. The van der Waals surface area contributed by atoms with Gasteiger partial charge in [-0.05, 0) is 52.8 Å². The van der Waals surface area contributed by atoms with Crippen molar-refractivity contribution in [2.45, 2.75) is 34.6 Å². The minimum Gasteiger partial charge on any atom is -0.465 e. The van der Waals surface area contributed by atoms with Gasteiger partial charge in [-0.3, -0.25) is 9.59 Å². The summed E-state index contributed by atoms with van der Waals surface area (Å²) in [6.07, 6.45) is 0. The van der Waals surface area contributed by atoms with Crippen LogP contribution in [0.5, 0.6) is 0 Å². The zero-order valence-electron chi connectivity index (χ0n) is 16.9. The summed E-state index contributed by atoms with van der Waals surface area (Å²) in [5.74, 6) is -0.0933. The van der Waals surface area contributed by atoms with E-state index in [1.54, 1.807) is 49.9 Å². The number of benzene rings is 1. The number of aryl methyl sites for hydroxylation is 2. The Bertz CT molecular complexity index is 881. The van der Waals surface area contributed by atoms with Gasteiger partial charge < -0.3 is 19.4 Å². The summed E-state index contributed by atoms with van der Waals surface area (Å²) in [4.78, 5) is 38.5. The first kappa shape index (κ1) is 21.2. The van der Waals surface area contributed by atoms with Crippen LogP contribution >= 0.6 is 0 Å². The number of ether oxygens (including phenoxy) is 1. The minimum absolute atomic E-state index is 0.103. The largest absolute Gasteiger partial charge is 0.465 e. The van der Waals surface area contributed by atoms with Crippen LogP contribution in [0.1, 0.15) is 51.6 Å². The molecular formula is C21H26N2O5. The molecule has 28 heavy (non-hydrogen) atoms. The predicted octanol–water partition coefficient (Wildman–Crippen LogP) is 3.48. The standard InChI is InChI=1S/C21H26N2O5/c1-6-23(7-2)20(25)16-9-8-10-17(11-16)22-18(24)12-27-21(26)19-13(3)14(4)28-15(19)5/h8-11H,6-7,12H2,1-5H3,(H,22,24). The molecule has 1 aromatic carbocycles. The minimum atomic E-state index is -0.604. The van der Waals surface area contributed by atoms with Gasteiger partial charge in [0.25, 0.3) is 11.8 Å². The first-order valence-electron chi connectivity index (χ1n) is 9.21. The van der Waals surface area contributed by atoms with Gasteiger partial charge in [0.2, 0.25) is 0 Å². The molecule has 0 aliphatic rings. The summed E-state index contributed by atoms with van der Waals surface area (Å²) < 4.78 is 10.5. The fraction of sp³-hybridized carbons (Fsp3) is 0.381. The van der Waals surface area contributed by atoms with Crippen molar-refractivity contribution < 1.29 is 23.5 Å². The van der Waals surface area contributed by atoms with Crippen molar-refractivity contribution in [1.82, 2.24) is 4.90 Å². The van der Waals surface area contributed by atoms with E-state index in [2.05, 4.69) is 5.32 Å². The highest BCUT2D eigenvalue weighted by Crippen LogP contribution is 2.21. The molecule has 0 saturated heterocycles. The number of rotatable bonds is 7. The lowest BCUT2D eigenvalue weighted by Crippen LogP contribution is -2.30. The van der Waals surface area contributed by atoms with Gasteiger partial charge in [-0.2, -0.15) is 0 Å². The summed E-state index contributed by atoms with van der Waals surface area (Å²) in [5.41, 5.74) is 1.99. The van der Waals surface area contributed by atoms with Gasteiger partial charge in [0.15, 0.2) is 6.61 Å². The Hall–Kier alpha value is -3.09. The highest BCUT2D eigenvalue weighted by Gasteiger charge is 2.21. The van der Waals surface area contributed by atoms with Crippen molar-refractivity contribution in [2.24, 2.45) is 0 Å². The smallest absolute Gasteiger partial charge is 0.342 e. The number of anilines is 1. The van der Waals surface area contributed by atoms with Crippen LogP contribution in [0.3, 0.4) is 0 Å². The van der Waals surface area contributed by atoms with Crippen LogP contribution in [0.4, 0.5) is 5.69 Å². The molecule has 150 valence electrons. The average molecular weight is 386 g/mol. The number of carbonyl (C=O) groups excluding carboxylic acids is 3. The normalized spacial score (nSPS) is 10.5. The van der Waals surface area contributed by atoms with Crippen LogP contribution in [0, 0.1) is 20.8 Å². The maximum Gasteiger partial charge on any atom is 0.342 e. The summed E-state index contributed by atoms with van der Waals surface area (Å²) >= 11 is 0. The fourth-order valence-corrected chi connectivity index (χ4v) is 2.92. The van der Waals surface area contributed by atoms with Crippen LogP contribution in [-0.2, 0) is 9.53 Å². The van der Waals surface area contributed by atoms with E-state index in [1.807, 2.05) is 13.8 Å². The lowest BCUT2D eigenvalue weighted by atomic mass is 10.1. The van der Waals surface area contributed by atoms with Crippen LogP contribution in [0.25, 0.3) is 0 Å². The molecule has 0 radical (unpaired) electrons. The molecule has 7 heteroatoms. The van der Waals surface area contributed by atoms with Gasteiger partial charge in [-0.1, -0.05) is 6.07 Å². The maximum absolute atomic E-state index is 12.4. The lowest BCUT2D eigenvalue weighted by molar-refractivity contribution is -0.119. The Kier molecular flexibility index (Phi) is 6.98. The molecule has 0 fully saturated rings. The number of esters is 1. The van der Waals surface area contributed by atoms with Crippen LogP contribution in [-0.4, -0.2) is 42.4 Å². The molecule has 0 aliphatic heterocycles. The first-order valence-corrected chi connectivity index (χ1v) is 9.21. The second-order valence-corrected chi connectivity index (χ2v) is 6.40. The van der Waals surface area contributed by atoms with Gasteiger partial charge >= 0.3 is 5.97 Å². The van der Waals surface area contributed by atoms with E-state index in [1.165, 1.54) is 0 Å². The van der Waals surface area contributed by atoms with E-state index >= 15 is 0 Å². The number of hydrogen-bond donors (Lipinski definition) is 1. The molecule has 0 atom stereocenters. The molecule has 7 nitrogen and oxygen atoms in total. The zero-order chi connectivity index (χ0) is 20.8. The van der Waals surface area contributed by atoms with E-state index in [9.17, 15) is 14.4 Å². The van der Waals surface area contributed by atoms with Gasteiger partial charge in [-0.15, -0.1) is 0 Å². The lowest BCUT2D eigenvalue weighted by Gasteiger charge is -2.19. The third kappa shape index (κ3) is 4.79. The maximum atomic E-state index is 12.4. The molecule has 0 spiro atoms. The topological polar surface area (TPSA) is 88.9 Å². The number of carbonyl (C=O) groups is 3. The summed E-state index contributed by atoms with van der Waals surface area (Å²) in [7, 11) is 0. The summed E-state index contributed by atoms with van der Waals surface area (Å²) in [6.45, 7) is 9.80. The molecule has 2 amide bonds. The molecule has 1 N–H and O–H groups in total. The number of nitrogens with one attached hydrogen (secondary N) is 1. The van der Waals surface area contributed by atoms with Crippen molar-refractivity contribution in [2.75, 3.05) is 25.0 Å². The van der Waals surface area contributed by atoms with Crippen molar-refractivity contribution in [3.63, 3.8) is 0 Å². The van der Waals surface area contributed by atoms with Crippen LogP contribution < -0.4 is 5.32 Å². The zero-order valence-corrected chi connectivity index (χ0v) is 16.9. The molecule has 1 heterocycles. The average Bonchev–Trinajstić information content (AvgIpc) is 2.92. The van der Waals surface area contributed by atoms with E-state index in [0.717, 1.165) is 0 Å². The van der Waals surface area contributed by atoms with Gasteiger partial charge in [0.1, 0.15) is 17.1 Å². The van der Waals surface area contributed by atoms with Crippen LogP contribution in [0.2, 0.25) is 0 Å². The highest BCUT2D eigenvalue weighted by atomic mass is 16.5. The molecule has 0 aliphatic carbocycles. The number of amides is 2. The number of hydrogen-bond acceptors (Lipinski definition) is 5. The third-order valence-electron chi connectivity index (χ3n) is 4.54. The van der Waals surface area contributed by atoms with Crippen molar-refractivity contribution in [1.29, 1.82) is 0 Å². The Morgan fingerprint density at radius 1 is 1.07 bits per heavy atom. The van der Waals surface area contributed by atoms with Crippen LogP contribution in [0.15, 0.2) is 28.7 Å². The van der Waals surface area contributed by atoms with Gasteiger partial charge in [-0.25, -0.2) is 4.79 Å². The molecule has 1 aromatic heterocycles. The highest BCUT2D eigenvalue weighted by molar-refractivity contribution is 5.99. The summed E-state index contributed by atoms with van der Waals surface area (Å²) in [6, 6.07) is 6.67. The molecule has 2 aromatic rings. The summed E-state index contributed by atoms with van der Waals surface area (Å²) in [5, 5.41) is 2.64. The van der Waals surface area contributed by atoms with Crippen molar-refractivity contribution >= 4 is 23.5 Å². The Morgan fingerprint density at radius 3 is 2.32 bits per heavy atom. The number of nitrogens with zero attached hydrogens (tertiary/aromatic N) is 1. The Morgan fingerprint density at radius 2 is 1.75 bits per heavy atom. The molecular weight excluding hydrogens is 360 g/mol. The monoisotopic (exact) mass is 386 g/mol. The van der Waals surface area contributed by atoms with Crippen molar-refractivity contribution in [3.05, 3.63) is 52.5 Å².